The Balaban J connectivity index is 2.62. The van der Waals surface area contributed by atoms with Gasteiger partial charge in [0, 0.05) is 10.6 Å². The number of amides is 1. The Morgan fingerprint density at radius 3 is 2.87 bits per heavy atom. The van der Waals surface area contributed by atoms with E-state index in [0.717, 1.165) is 0 Å². The maximum Gasteiger partial charge on any atom is 0.275 e. The molecule has 0 aliphatic rings. The average molecular weight is 233 g/mol. The largest absolute Gasteiger partial charge is 0.275 e. The van der Waals surface area contributed by atoms with Crippen molar-refractivity contribution in [2.24, 2.45) is 5.10 Å². The molecule has 1 amide bonds. The minimum absolute atomic E-state index is 0.258. The van der Waals surface area contributed by atoms with Crippen molar-refractivity contribution in [1.82, 2.24) is 5.43 Å². The molecule has 0 aliphatic carbocycles. The first-order valence-electron chi connectivity index (χ1n) is 3.97. The molecular formula is C9H7ClF2N2O. The number of carbonyl (C=O) groups is 1. The van der Waals surface area contributed by atoms with E-state index in [9.17, 15) is 13.6 Å². The molecule has 15 heavy (non-hydrogen) atoms. The number of halogens is 3. The van der Waals surface area contributed by atoms with Gasteiger partial charge in [0.2, 0.25) is 0 Å². The maximum absolute atomic E-state index is 11.6. The van der Waals surface area contributed by atoms with Crippen LogP contribution < -0.4 is 5.43 Å². The summed E-state index contributed by atoms with van der Waals surface area (Å²) in [5.41, 5.74) is 2.21. The Morgan fingerprint density at radius 1 is 1.53 bits per heavy atom. The highest BCUT2D eigenvalue weighted by atomic mass is 35.5. The number of hydrogen-bond acceptors (Lipinski definition) is 2. The molecule has 1 aromatic rings. The average Bonchev–Trinajstić information content (AvgIpc) is 2.17. The van der Waals surface area contributed by atoms with Crippen LogP contribution in [0.1, 0.15) is 10.4 Å². The predicted molar refractivity (Wildman–Crippen MR) is 53.4 cm³/mol. The summed E-state index contributed by atoms with van der Waals surface area (Å²) in [5.74, 6) is -0.589. The summed E-state index contributed by atoms with van der Waals surface area (Å²) in [4.78, 5) is 11.2. The van der Waals surface area contributed by atoms with Crippen molar-refractivity contribution in [2.45, 2.75) is 6.43 Å². The minimum Gasteiger partial charge on any atom is -0.267 e. The lowest BCUT2D eigenvalue weighted by atomic mass is 10.2. The lowest BCUT2D eigenvalue weighted by Crippen LogP contribution is -2.18. The number of alkyl halides is 2. The number of rotatable bonds is 3. The Morgan fingerprint density at radius 2 is 2.27 bits per heavy atom. The number of nitrogens with one attached hydrogen (secondary N) is 1. The summed E-state index contributed by atoms with van der Waals surface area (Å²) < 4.78 is 23.3. The van der Waals surface area contributed by atoms with Gasteiger partial charge in [0.15, 0.2) is 0 Å². The van der Waals surface area contributed by atoms with Crippen LogP contribution in [0, 0.1) is 0 Å². The van der Waals surface area contributed by atoms with Crippen LogP contribution in [0.15, 0.2) is 29.4 Å². The van der Waals surface area contributed by atoms with E-state index in [1.807, 2.05) is 5.43 Å². The van der Waals surface area contributed by atoms with Gasteiger partial charge in [0.1, 0.15) is 0 Å². The molecule has 3 nitrogen and oxygen atoms in total. The molecule has 0 radical (unpaired) electrons. The monoisotopic (exact) mass is 232 g/mol. The second kappa shape index (κ2) is 5.41. The zero-order valence-corrected chi connectivity index (χ0v) is 8.21. The molecular weight excluding hydrogens is 226 g/mol. The highest BCUT2D eigenvalue weighted by Gasteiger charge is 2.04. The molecule has 1 aromatic carbocycles. The fourth-order valence-corrected chi connectivity index (χ4v) is 1.04. The van der Waals surface area contributed by atoms with E-state index in [4.69, 9.17) is 11.6 Å². The predicted octanol–water partition coefficient (Wildman–Crippen LogP) is 2.32. The van der Waals surface area contributed by atoms with Crippen LogP contribution in [0.4, 0.5) is 8.78 Å². The molecule has 0 atom stereocenters. The zero-order valence-electron chi connectivity index (χ0n) is 7.45. The first-order valence-corrected chi connectivity index (χ1v) is 4.34. The molecule has 80 valence electrons. The molecule has 0 spiro atoms. The van der Waals surface area contributed by atoms with E-state index >= 15 is 0 Å². The number of hydrazone groups is 1. The highest BCUT2D eigenvalue weighted by Crippen LogP contribution is 2.10. The molecule has 0 aromatic heterocycles. The van der Waals surface area contributed by atoms with Crippen LogP contribution in [-0.2, 0) is 0 Å². The van der Waals surface area contributed by atoms with Crippen LogP contribution in [0.5, 0.6) is 0 Å². The van der Waals surface area contributed by atoms with Crippen LogP contribution in [0.2, 0.25) is 5.02 Å². The molecule has 0 heterocycles. The van der Waals surface area contributed by atoms with Crippen molar-refractivity contribution in [3.63, 3.8) is 0 Å². The third-order valence-corrected chi connectivity index (χ3v) is 1.68. The quantitative estimate of drug-likeness (QED) is 0.631. The topological polar surface area (TPSA) is 41.5 Å². The first kappa shape index (κ1) is 11.6. The molecule has 1 N–H and O–H groups in total. The van der Waals surface area contributed by atoms with Crippen molar-refractivity contribution in [1.29, 1.82) is 0 Å². The van der Waals surface area contributed by atoms with Crippen LogP contribution in [-0.4, -0.2) is 18.5 Å². The van der Waals surface area contributed by atoms with Crippen LogP contribution in [0.3, 0.4) is 0 Å². The Hall–Kier alpha value is -1.49. The zero-order chi connectivity index (χ0) is 11.3. The van der Waals surface area contributed by atoms with Crippen molar-refractivity contribution in [3.05, 3.63) is 34.9 Å². The normalized spacial score (nSPS) is 10.9. The Labute approximate surface area is 89.7 Å². The number of hydrogen-bond donors (Lipinski definition) is 1. The fraction of sp³-hybridized carbons (Fsp3) is 0.111. The smallest absolute Gasteiger partial charge is 0.267 e. The summed E-state index contributed by atoms with van der Waals surface area (Å²) >= 11 is 5.63. The number of benzene rings is 1. The van der Waals surface area contributed by atoms with E-state index in [-0.39, 0.29) is 5.56 Å². The molecule has 0 saturated carbocycles. The van der Waals surface area contributed by atoms with Gasteiger partial charge < -0.3 is 0 Å². The van der Waals surface area contributed by atoms with Crippen molar-refractivity contribution < 1.29 is 13.6 Å². The van der Waals surface area contributed by atoms with Gasteiger partial charge in [-0.2, -0.15) is 5.10 Å². The van der Waals surface area contributed by atoms with E-state index in [1.165, 1.54) is 12.1 Å². The SMILES string of the molecule is O=C(NN=CC(F)F)c1cccc(Cl)c1. The van der Waals surface area contributed by atoms with Gasteiger partial charge in [0.25, 0.3) is 12.3 Å². The number of carbonyl (C=O) groups excluding carboxylic acids is 1. The second-order valence-electron chi connectivity index (χ2n) is 2.56. The highest BCUT2D eigenvalue weighted by molar-refractivity contribution is 6.30. The van der Waals surface area contributed by atoms with Gasteiger partial charge in [-0.05, 0) is 18.2 Å². The molecule has 1 rings (SSSR count). The van der Waals surface area contributed by atoms with Crippen molar-refractivity contribution in [2.75, 3.05) is 0 Å². The maximum atomic E-state index is 11.6. The molecule has 0 aliphatic heterocycles. The van der Waals surface area contributed by atoms with Gasteiger partial charge in [-0.3, -0.25) is 4.79 Å². The standard InChI is InChI=1S/C9H7ClF2N2O/c10-7-3-1-2-6(4-7)9(15)14-13-5-8(11)12/h1-5,8H,(H,14,15). The second-order valence-corrected chi connectivity index (χ2v) is 3.00. The Bertz CT molecular complexity index is 382. The van der Waals surface area contributed by atoms with Gasteiger partial charge in [-0.25, -0.2) is 14.2 Å². The van der Waals surface area contributed by atoms with Gasteiger partial charge in [-0.15, -0.1) is 0 Å². The van der Waals surface area contributed by atoms with Crippen molar-refractivity contribution >= 4 is 23.7 Å². The lowest BCUT2D eigenvalue weighted by molar-refractivity contribution is 0.0954. The summed E-state index contributed by atoms with van der Waals surface area (Å²) in [5, 5.41) is 3.45. The third kappa shape index (κ3) is 4.03. The van der Waals surface area contributed by atoms with Gasteiger partial charge >= 0.3 is 0 Å². The van der Waals surface area contributed by atoms with Crippen LogP contribution in [0.25, 0.3) is 0 Å². The summed E-state index contributed by atoms with van der Waals surface area (Å²) in [6.45, 7) is 0. The first-order chi connectivity index (χ1) is 7.09. The summed E-state index contributed by atoms with van der Waals surface area (Å²) in [6, 6.07) is 6.09. The molecule has 6 heteroatoms. The minimum atomic E-state index is -2.69. The fourth-order valence-electron chi connectivity index (χ4n) is 0.847. The molecule has 0 unspecified atom stereocenters. The summed E-state index contributed by atoms with van der Waals surface area (Å²) in [6.07, 6.45) is -2.35. The van der Waals surface area contributed by atoms with E-state index < -0.39 is 12.3 Å². The number of nitrogens with zero attached hydrogens (tertiary/aromatic N) is 1. The Kier molecular flexibility index (Phi) is 4.17. The van der Waals surface area contributed by atoms with E-state index in [0.29, 0.717) is 11.2 Å². The van der Waals surface area contributed by atoms with Gasteiger partial charge in [-0.1, -0.05) is 17.7 Å². The third-order valence-electron chi connectivity index (χ3n) is 1.44. The van der Waals surface area contributed by atoms with E-state index in [2.05, 4.69) is 5.10 Å². The van der Waals surface area contributed by atoms with Crippen LogP contribution >= 0.6 is 11.6 Å². The van der Waals surface area contributed by atoms with E-state index in [1.54, 1.807) is 12.1 Å². The van der Waals surface area contributed by atoms with Crippen molar-refractivity contribution in [3.8, 4) is 0 Å². The summed E-state index contributed by atoms with van der Waals surface area (Å²) in [7, 11) is 0. The van der Waals surface area contributed by atoms with Gasteiger partial charge in [0.05, 0.1) is 6.21 Å². The molecule has 0 saturated heterocycles. The molecule has 0 bridgehead atoms. The lowest BCUT2D eigenvalue weighted by Gasteiger charge is -1.99. The molecule has 0 fully saturated rings.